The zero-order valence-corrected chi connectivity index (χ0v) is 11.0. The van der Waals surface area contributed by atoms with Crippen LogP contribution in [0.4, 0.5) is 0 Å². The van der Waals surface area contributed by atoms with Gasteiger partial charge in [-0.25, -0.2) is 0 Å². The minimum atomic E-state index is 0.631. The molecule has 2 saturated heterocycles. The summed E-state index contributed by atoms with van der Waals surface area (Å²) in [5, 5.41) is 0. The van der Waals surface area contributed by atoms with Crippen molar-refractivity contribution in [1.82, 2.24) is 9.80 Å². The maximum absolute atomic E-state index is 5.60. The summed E-state index contributed by atoms with van der Waals surface area (Å²) in [5.41, 5.74) is 6.77. The summed E-state index contributed by atoms with van der Waals surface area (Å²) in [7, 11) is 0. The molecule has 17 heavy (non-hydrogen) atoms. The molecule has 0 spiro atoms. The Morgan fingerprint density at radius 3 is 2.29 bits per heavy atom. The molecule has 2 aliphatic rings. The van der Waals surface area contributed by atoms with Crippen molar-refractivity contribution in [3.05, 3.63) is 12.2 Å². The van der Waals surface area contributed by atoms with Gasteiger partial charge in [0.25, 0.3) is 0 Å². The van der Waals surface area contributed by atoms with Gasteiger partial charge in [-0.1, -0.05) is 13.0 Å². The number of rotatable bonds is 4. The van der Waals surface area contributed by atoms with Gasteiger partial charge in [-0.15, -0.1) is 0 Å². The van der Waals surface area contributed by atoms with E-state index in [1.165, 1.54) is 63.9 Å². The molecular formula is C14H27N3. The van der Waals surface area contributed by atoms with Gasteiger partial charge < -0.3 is 10.6 Å². The van der Waals surface area contributed by atoms with Gasteiger partial charge in [0.1, 0.15) is 0 Å². The lowest BCUT2D eigenvalue weighted by Crippen LogP contribution is -2.47. The van der Waals surface area contributed by atoms with Crippen molar-refractivity contribution in [2.75, 3.05) is 39.3 Å². The highest BCUT2D eigenvalue weighted by atomic mass is 15.2. The fraction of sp³-hybridized carbons (Fsp3) is 0.857. The molecule has 0 unspecified atom stereocenters. The van der Waals surface area contributed by atoms with Crippen LogP contribution in [0.5, 0.6) is 0 Å². The zero-order valence-electron chi connectivity index (χ0n) is 11.0. The number of nitrogens with two attached hydrogens (primary N) is 1. The largest absolute Gasteiger partial charge is 0.327 e. The predicted octanol–water partition coefficient (Wildman–Crippen LogP) is 1.45. The molecular weight excluding hydrogens is 210 g/mol. The van der Waals surface area contributed by atoms with Gasteiger partial charge in [-0.05, 0) is 57.4 Å². The second-order valence-corrected chi connectivity index (χ2v) is 5.56. The average Bonchev–Trinajstić information content (AvgIpc) is 2.40. The second kappa shape index (κ2) is 6.53. The molecule has 2 heterocycles. The fourth-order valence-electron chi connectivity index (χ4n) is 3.11. The van der Waals surface area contributed by atoms with Crippen LogP contribution >= 0.6 is 0 Å². The molecule has 0 saturated carbocycles. The van der Waals surface area contributed by atoms with E-state index in [2.05, 4.69) is 16.4 Å². The van der Waals surface area contributed by atoms with Crippen LogP contribution < -0.4 is 5.73 Å². The van der Waals surface area contributed by atoms with E-state index in [1.54, 1.807) is 0 Å². The highest BCUT2D eigenvalue weighted by molar-refractivity contribution is 4.99. The lowest BCUT2D eigenvalue weighted by molar-refractivity contribution is 0.0963. The van der Waals surface area contributed by atoms with Crippen LogP contribution in [0.25, 0.3) is 0 Å². The van der Waals surface area contributed by atoms with Crippen molar-refractivity contribution in [3.8, 4) is 0 Å². The van der Waals surface area contributed by atoms with Crippen LogP contribution in [-0.4, -0.2) is 55.1 Å². The molecule has 0 aromatic rings. The zero-order chi connectivity index (χ0) is 12.1. The van der Waals surface area contributed by atoms with Crippen molar-refractivity contribution in [1.29, 1.82) is 0 Å². The summed E-state index contributed by atoms with van der Waals surface area (Å²) in [4.78, 5) is 5.23. The Hall–Kier alpha value is -0.380. The molecule has 3 nitrogen and oxygen atoms in total. The van der Waals surface area contributed by atoms with E-state index in [4.69, 9.17) is 5.73 Å². The first kappa shape index (κ1) is 13.1. The number of hydrogen-bond acceptors (Lipinski definition) is 3. The average molecular weight is 237 g/mol. The van der Waals surface area contributed by atoms with Crippen LogP contribution in [0, 0.1) is 0 Å². The minimum absolute atomic E-state index is 0.631. The normalized spacial score (nSPS) is 25.0. The summed E-state index contributed by atoms with van der Waals surface area (Å²) in [5.74, 6) is 0. The second-order valence-electron chi connectivity index (χ2n) is 5.56. The quantitative estimate of drug-likeness (QED) is 0.751. The summed E-state index contributed by atoms with van der Waals surface area (Å²) < 4.78 is 0. The van der Waals surface area contributed by atoms with E-state index in [0.717, 1.165) is 12.6 Å². The molecule has 0 aliphatic carbocycles. The van der Waals surface area contributed by atoms with Gasteiger partial charge in [0, 0.05) is 19.1 Å². The Kier molecular flexibility index (Phi) is 5.01. The summed E-state index contributed by atoms with van der Waals surface area (Å²) in [6, 6.07) is 0.845. The molecule has 0 bridgehead atoms. The first-order valence-corrected chi connectivity index (χ1v) is 7.12. The SMILES string of the molecule is C=C(CN)CN1CCC(N2CCCCC2)CC1. The Morgan fingerprint density at radius 1 is 1.06 bits per heavy atom. The highest BCUT2D eigenvalue weighted by Gasteiger charge is 2.25. The van der Waals surface area contributed by atoms with Crippen molar-refractivity contribution in [2.24, 2.45) is 5.73 Å². The van der Waals surface area contributed by atoms with E-state index >= 15 is 0 Å². The Labute approximate surface area is 106 Å². The topological polar surface area (TPSA) is 32.5 Å². The number of likely N-dealkylation sites (tertiary alicyclic amines) is 2. The first-order valence-electron chi connectivity index (χ1n) is 7.12. The molecule has 0 amide bonds. The predicted molar refractivity (Wildman–Crippen MR) is 73.1 cm³/mol. The molecule has 3 heteroatoms. The third kappa shape index (κ3) is 3.80. The van der Waals surface area contributed by atoms with E-state index in [0.29, 0.717) is 6.54 Å². The molecule has 0 radical (unpaired) electrons. The molecule has 2 rings (SSSR count). The highest BCUT2D eigenvalue weighted by Crippen LogP contribution is 2.20. The molecule has 2 N–H and O–H groups in total. The van der Waals surface area contributed by atoms with Gasteiger partial charge in [0.15, 0.2) is 0 Å². The molecule has 98 valence electrons. The lowest BCUT2D eigenvalue weighted by Gasteiger charge is -2.40. The molecule has 2 fully saturated rings. The van der Waals surface area contributed by atoms with Crippen molar-refractivity contribution < 1.29 is 0 Å². The maximum atomic E-state index is 5.60. The molecule has 0 aromatic heterocycles. The van der Waals surface area contributed by atoms with Gasteiger partial charge in [-0.3, -0.25) is 4.90 Å². The Balaban J connectivity index is 1.71. The van der Waals surface area contributed by atoms with Gasteiger partial charge in [0.2, 0.25) is 0 Å². The van der Waals surface area contributed by atoms with Crippen LogP contribution in [0.2, 0.25) is 0 Å². The Morgan fingerprint density at radius 2 is 1.71 bits per heavy atom. The Bertz CT molecular complexity index is 238. The van der Waals surface area contributed by atoms with Crippen LogP contribution in [-0.2, 0) is 0 Å². The van der Waals surface area contributed by atoms with E-state index < -0.39 is 0 Å². The van der Waals surface area contributed by atoms with Crippen molar-refractivity contribution in [2.45, 2.75) is 38.1 Å². The summed E-state index contributed by atoms with van der Waals surface area (Å²) in [6.45, 7) is 10.7. The molecule has 0 aromatic carbocycles. The third-order valence-electron chi connectivity index (χ3n) is 4.20. The van der Waals surface area contributed by atoms with Crippen LogP contribution in [0.15, 0.2) is 12.2 Å². The standard InChI is InChI=1S/C14H27N3/c1-13(11-15)12-16-9-5-14(6-10-16)17-7-3-2-4-8-17/h14H,1-12,15H2. The van der Waals surface area contributed by atoms with Gasteiger partial charge >= 0.3 is 0 Å². The van der Waals surface area contributed by atoms with Crippen molar-refractivity contribution >= 4 is 0 Å². The smallest absolute Gasteiger partial charge is 0.0202 e. The van der Waals surface area contributed by atoms with E-state index in [-0.39, 0.29) is 0 Å². The maximum Gasteiger partial charge on any atom is 0.0202 e. The van der Waals surface area contributed by atoms with Gasteiger partial charge in [0.05, 0.1) is 0 Å². The van der Waals surface area contributed by atoms with E-state index in [9.17, 15) is 0 Å². The molecule has 2 aliphatic heterocycles. The lowest BCUT2D eigenvalue weighted by atomic mass is 9.99. The van der Waals surface area contributed by atoms with Crippen LogP contribution in [0.1, 0.15) is 32.1 Å². The van der Waals surface area contributed by atoms with Gasteiger partial charge in [-0.2, -0.15) is 0 Å². The van der Waals surface area contributed by atoms with Crippen molar-refractivity contribution in [3.63, 3.8) is 0 Å². The fourth-order valence-corrected chi connectivity index (χ4v) is 3.11. The number of nitrogens with zero attached hydrogens (tertiary/aromatic N) is 2. The van der Waals surface area contributed by atoms with E-state index in [1.807, 2.05) is 0 Å². The number of piperidine rings is 2. The monoisotopic (exact) mass is 237 g/mol. The third-order valence-corrected chi connectivity index (χ3v) is 4.20. The summed E-state index contributed by atoms with van der Waals surface area (Å²) >= 11 is 0. The molecule has 0 atom stereocenters. The summed E-state index contributed by atoms with van der Waals surface area (Å²) in [6.07, 6.45) is 6.91. The minimum Gasteiger partial charge on any atom is -0.327 e. The first-order chi connectivity index (χ1) is 8.29. The number of hydrogen-bond donors (Lipinski definition) is 1. The van der Waals surface area contributed by atoms with Crippen LogP contribution in [0.3, 0.4) is 0 Å².